The molecule has 2 rings (SSSR count). The number of carbonyl (C=O) groups excluding carboxylic acids is 1. The Hall–Kier alpha value is -1.47. The van der Waals surface area contributed by atoms with Gasteiger partial charge in [-0.25, -0.2) is 13.1 Å². The fourth-order valence-corrected chi connectivity index (χ4v) is 3.14. The summed E-state index contributed by atoms with van der Waals surface area (Å²) in [5.41, 5.74) is 1.40. The minimum Gasteiger partial charge on any atom is -0.337 e. The number of carbonyl (C=O) groups is 1. The highest BCUT2D eigenvalue weighted by Crippen LogP contribution is 2.14. The minimum absolute atomic E-state index is 0.0995. The van der Waals surface area contributed by atoms with E-state index in [1.165, 1.54) is 0 Å². The molecule has 0 saturated carbocycles. The van der Waals surface area contributed by atoms with Crippen LogP contribution in [0.25, 0.3) is 0 Å². The number of piperidine rings is 1. The number of rotatable bonds is 3. The van der Waals surface area contributed by atoms with Gasteiger partial charge in [0.05, 0.1) is 11.8 Å². The van der Waals surface area contributed by atoms with Gasteiger partial charge in [-0.2, -0.15) is 0 Å². The number of likely N-dealkylation sites (tertiary alicyclic amines) is 1. The van der Waals surface area contributed by atoms with Gasteiger partial charge in [0.15, 0.2) is 0 Å². The van der Waals surface area contributed by atoms with Crippen molar-refractivity contribution in [2.24, 2.45) is 0 Å². The summed E-state index contributed by atoms with van der Waals surface area (Å²) >= 11 is 0. The smallest absolute Gasteiger partial charge is 0.255 e. The summed E-state index contributed by atoms with van der Waals surface area (Å²) in [5.74, 6) is -0.0995. The summed E-state index contributed by atoms with van der Waals surface area (Å²) in [6.45, 7) is 2.91. The summed E-state index contributed by atoms with van der Waals surface area (Å²) in [4.78, 5) is 18.1. The second-order valence-electron chi connectivity index (χ2n) is 5.17. The molecular formula is C13H19N3O3S. The van der Waals surface area contributed by atoms with Crippen LogP contribution in [0.3, 0.4) is 0 Å². The van der Waals surface area contributed by atoms with Crippen LogP contribution >= 0.6 is 0 Å². The number of hydrogen-bond donors (Lipinski definition) is 1. The van der Waals surface area contributed by atoms with Crippen molar-refractivity contribution in [2.45, 2.75) is 25.8 Å². The van der Waals surface area contributed by atoms with Gasteiger partial charge in [0, 0.05) is 31.0 Å². The summed E-state index contributed by atoms with van der Waals surface area (Å²) in [5, 5.41) is 0. The number of aryl methyl sites for hydroxylation is 1. The van der Waals surface area contributed by atoms with Gasteiger partial charge >= 0.3 is 0 Å². The molecular weight excluding hydrogens is 278 g/mol. The molecule has 0 aromatic carbocycles. The van der Waals surface area contributed by atoms with E-state index in [9.17, 15) is 13.2 Å². The third-order valence-electron chi connectivity index (χ3n) is 3.25. The van der Waals surface area contributed by atoms with Gasteiger partial charge in [0.1, 0.15) is 0 Å². The zero-order chi connectivity index (χ0) is 14.8. The predicted molar refractivity (Wildman–Crippen MR) is 75.9 cm³/mol. The van der Waals surface area contributed by atoms with Gasteiger partial charge in [-0.3, -0.25) is 9.78 Å². The number of nitrogens with zero attached hydrogens (tertiary/aromatic N) is 2. The Morgan fingerprint density at radius 2 is 2.20 bits per heavy atom. The van der Waals surface area contributed by atoms with Crippen molar-refractivity contribution in [2.75, 3.05) is 19.3 Å². The standard InChI is InChI=1S/C13H19N3O3S/c1-10-5-6-11(8-14-10)13(17)16-7-3-4-12(9-16)15-20(2,18)19/h5-6,8,12,15H,3-4,7,9H2,1-2H3/t12-/m0/s1. The van der Waals surface area contributed by atoms with Crippen molar-refractivity contribution in [3.05, 3.63) is 29.6 Å². The molecule has 0 unspecified atom stereocenters. The Bertz CT molecular complexity index is 583. The van der Waals surface area contributed by atoms with E-state index in [4.69, 9.17) is 0 Å². The van der Waals surface area contributed by atoms with Crippen molar-refractivity contribution in [1.29, 1.82) is 0 Å². The van der Waals surface area contributed by atoms with Crippen LogP contribution < -0.4 is 4.72 Å². The van der Waals surface area contributed by atoms with E-state index in [1.807, 2.05) is 6.92 Å². The highest BCUT2D eigenvalue weighted by Gasteiger charge is 2.26. The van der Waals surface area contributed by atoms with Gasteiger partial charge in [0.25, 0.3) is 5.91 Å². The molecule has 20 heavy (non-hydrogen) atoms. The topological polar surface area (TPSA) is 79.4 Å². The molecule has 1 aromatic rings. The van der Waals surface area contributed by atoms with E-state index in [0.717, 1.165) is 24.8 Å². The molecule has 0 spiro atoms. The average molecular weight is 297 g/mol. The Morgan fingerprint density at radius 3 is 2.80 bits per heavy atom. The molecule has 7 heteroatoms. The third-order valence-corrected chi connectivity index (χ3v) is 4.01. The highest BCUT2D eigenvalue weighted by molar-refractivity contribution is 7.88. The maximum Gasteiger partial charge on any atom is 0.255 e. The third kappa shape index (κ3) is 4.01. The number of amides is 1. The first-order valence-corrected chi connectivity index (χ1v) is 8.43. The van der Waals surface area contributed by atoms with Crippen molar-refractivity contribution < 1.29 is 13.2 Å². The molecule has 1 amide bonds. The van der Waals surface area contributed by atoms with Gasteiger partial charge in [-0.05, 0) is 31.9 Å². The molecule has 1 aliphatic rings. The SMILES string of the molecule is Cc1ccc(C(=O)N2CCC[C@H](NS(C)(=O)=O)C2)cn1. The fourth-order valence-electron chi connectivity index (χ4n) is 2.34. The first kappa shape index (κ1) is 14.9. The number of nitrogens with one attached hydrogen (secondary N) is 1. The largest absolute Gasteiger partial charge is 0.337 e. The quantitative estimate of drug-likeness (QED) is 0.883. The first-order valence-electron chi connectivity index (χ1n) is 6.54. The van der Waals surface area contributed by atoms with Gasteiger partial charge in [-0.1, -0.05) is 0 Å². The summed E-state index contributed by atoms with van der Waals surface area (Å²) in [6.07, 6.45) is 4.24. The van der Waals surface area contributed by atoms with Crippen molar-refractivity contribution >= 4 is 15.9 Å². The first-order chi connectivity index (χ1) is 9.35. The van der Waals surface area contributed by atoms with Crippen molar-refractivity contribution in [3.63, 3.8) is 0 Å². The van der Waals surface area contributed by atoms with E-state index >= 15 is 0 Å². The average Bonchev–Trinajstić information content (AvgIpc) is 2.37. The summed E-state index contributed by atoms with van der Waals surface area (Å²) in [7, 11) is -3.24. The van der Waals surface area contributed by atoms with Gasteiger partial charge < -0.3 is 4.90 Å². The maximum absolute atomic E-state index is 12.3. The maximum atomic E-state index is 12.3. The lowest BCUT2D eigenvalue weighted by Gasteiger charge is -2.32. The molecule has 1 N–H and O–H groups in total. The Morgan fingerprint density at radius 1 is 1.45 bits per heavy atom. The van der Waals surface area contributed by atoms with E-state index < -0.39 is 10.0 Å². The number of aromatic nitrogens is 1. The monoisotopic (exact) mass is 297 g/mol. The molecule has 1 fully saturated rings. The summed E-state index contributed by atoms with van der Waals surface area (Å²) in [6, 6.07) is 3.34. The van der Waals surface area contributed by atoms with Crippen LogP contribution in [0, 0.1) is 6.92 Å². The Labute approximate surface area is 119 Å². The zero-order valence-corrected chi connectivity index (χ0v) is 12.5. The van der Waals surface area contributed by atoms with Crippen LogP contribution in [0.5, 0.6) is 0 Å². The normalized spacial score (nSPS) is 19.9. The lowest BCUT2D eigenvalue weighted by Crippen LogP contribution is -2.49. The molecule has 1 aromatic heterocycles. The second kappa shape index (κ2) is 5.88. The van der Waals surface area contributed by atoms with Gasteiger partial charge in [-0.15, -0.1) is 0 Å². The van der Waals surface area contributed by atoms with E-state index in [1.54, 1.807) is 23.2 Å². The van der Waals surface area contributed by atoms with Crippen LogP contribution in [0.2, 0.25) is 0 Å². The molecule has 0 bridgehead atoms. The molecule has 2 heterocycles. The molecule has 1 atom stereocenters. The number of sulfonamides is 1. The molecule has 1 aliphatic heterocycles. The molecule has 1 saturated heterocycles. The van der Waals surface area contributed by atoms with E-state index in [-0.39, 0.29) is 11.9 Å². The lowest BCUT2D eigenvalue weighted by atomic mass is 10.1. The fraction of sp³-hybridized carbons (Fsp3) is 0.538. The van der Waals surface area contributed by atoms with Crippen LogP contribution in [0.15, 0.2) is 18.3 Å². The zero-order valence-electron chi connectivity index (χ0n) is 11.7. The van der Waals surface area contributed by atoms with Crippen LogP contribution in [-0.2, 0) is 10.0 Å². The summed E-state index contributed by atoms with van der Waals surface area (Å²) < 4.78 is 25.1. The predicted octanol–water partition coefficient (Wildman–Crippen LogP) is 0.544. The lowest BCUT2D eigenvalue weighted by molar-refractivity contribution is 0.0702. The molecule has 6 nitrogen and oxygen atoms in total. The van der Waals surface area contributed by atoms with E-state index in [2.05, 4.69) is 9.71 Å². The molecule has 0 aliphatic carbocycles. The Kier molecular flexibility index (Phi) is 4.39. The van der Waals surface area contributed by atoms with E-state index in [0.29, 0.717) is 18.7 Å². The van der Waals surface area contributed by atoms with Crippen LogP contribution in [0.4, 0.5) is 0 Å². The second-order valence-corrected chi connectivity index (χ2v) is 6.95. The van der Waals surface area contributed by atoms with Gasteiger partial charge in [0.2, 0.25) is 10.0 Å². The van der Waals surface area contributed by atoms with Crippen LogP contribution in [-0.4, -0.2) is 49.6 Å². The minimum atomic E-state index is -3.24. The van der Waals surface area contributed by atoms with Crippen LogP contribution in [0.1, 0.15) is 28.9 Å². The molecule has 110 valence electrons. The Balaban J connectivity index is 2.05. The number of pyridine rings is 1. The number of hydrogen-bond acceptors (Lipinski definition) is 4. The molecule has 0 radical (unpaired) electrons. The van der Waals surface area contributed by atoms with Crippen molar-refractivity contribution in [3.8, 4) is 0 Å². The van der Waals surface area contributed by atoms with Crippen molar-refractivity contribution in [1.82, 2.24) is 14.6 Å². The highest BCUT2D eigenvalue weighted by atomic mass is 32.2.